The SMILES string of the molecule is CCCOc1ccc(NC(=O)CCCCBr)cc1Cl. The summed E-state index contributed by atoms with van der Waals surface area (Å²) in [4.78, 5) is 11.7. The Kier molecular flexibility index (Phi) is 7.91. The van der Waals surface area contributed by atoms with Gasteiger partial charge in [-0.2, -0.15) is 0 Å². The van der Waals surface area contributed by atoms with Crippen LogP contribution in [-0.2, 0) is 4.79 Å². The lowest BCUT2D eigenvalue weighted by Crippen LogP contribution is -2.11. The molecule has 0 radical (unpaired) electrons. The molecule has 1 aromatic rings. The zero-order valence-electron chi connectivity index (χ0n) is 11.0. The maximum Gasteiger partial charge on any atom is 0.224 e. The summed E-state index contributed by atoms with van der Waals surface area (Å²) in [5.41, 5.74) is 0.706. The van der Waals surface area contributed by atoms with Crippen LogP contribution in [0.3, 0.4) is 0 Å². The van der Waals surface area contributed by atoms with Crippen molar-refractivity contribution < 1.29 is 9.53 Å². The van der Waals surface area contributed by atoms with Gasteiger partial charge >= 0.3 is 0 Å². The molecular weight excluding hydrogens is 330 g/mol. The van der Waals surface area contributed by atoms with Crippen molar-refractivity contribution in [1.29, 1.82) is 0 Å². The number of alkyl halides is 1. The van der Waals surface area contributed by atoms with Gasteiger partial charge in [0.2, 0.25) is 5.91 Å². The second-order valence-corrected chi connectivity index (χ2v) is 5.39. The molecule has 0 saturated carbocycles. The van der Waals surface area contributed by atoms with Gasteiger partial charge in [0.1, 0.15) is 5.75 Å². The van der Waals surface area contributed by atoms with Crippen molar-refractivity contribution in [2.75, 3.05) is 17.3 Å². The molecule has 0 spiro atoms. The van der Waals surface area contributed by atoms with Crippen LogP contribution in [0.25, 0.3) is 0 Å². The van der Waals surface area contributed by atoms with Gasteiger partial charge in [-0.3, -0.25) is 4.79 Å². The van der Waals surface area contributed by atoms with Crippen LogP contribution < -0.4 is 10.1 Å². The Bertz CT molecular complexity index is 412. The fourth-order valence-corrected chi connectivity index (χ4v) is 2.14. The summed E-state index contributed by atoms with van der Waals surface area (Å²) in [6.07, 6.45) is 3.33. The van der Waals surface area contributed by atoms with Gasteiger partial charge in [0, 0.05) is 17.4 Å². The van der Waals surface area contributed by atoms with E-state index in [-0.39, 0.29) is 5.91 Å². The maximum atomic E-state index is 11.7. The lowest BCUT2D eigenvalue weighted by Gasteiger charge is -2.09. The molecule has 1 rings (SSSR count). The largest absolute Gasteiger partial charge is 0.492 e. The molecule has 1 amide bonds. The fraction of sp³-hybridized carbons (Fsp3) is 0.500. The van der Waals surface area contributed by atoms with Gasteiger partial charge in [0.15, 0.2) is 0 Å². The van der Waals surface area contributed by atoms with Crippen molar-refractivity contribution in [2.24, 2.45) is 0 Å². The van der Waals surface area contributed by atoms with Crippen LogP contribution in [0.2, 0.25) is 5.02 Å². The van der Waals surface area contributed by atoms with Gasteiger partial charge in [0.05, 0.1) is 11.6 Å². The third kappa shape index (κ3) is 6.30. The van der Waals surface area contributed by atoms with E-state index < -0.39 is 0 Å². The quantitative estimate of drug-likeness (QED) is 0.549. The van der Waals surface area contributed by atoms with Crippen LogP contribution in [0.15, 0.2) is 18.2 Å². The lowest BCUT2D eigenvalue weighted by atomic mass is 10.2. The van der Waals surface area contributed by atoms with E-state index in [1.807, 2.05) is 6.92 Å². The molecule has 1 aromatic carbocycles. The molecule has 0 unspecified atom stereocenters. The van der Waals surface area contributed by atoms with E-state index in [0.29, 0.717) is 29.5 Å². The highest BCUT2D eigenvalue weighted by molar-refractivity contribution is 9.09. The number of carbonyl (C=O) groups is 1. The van der Waals surface area contributed by atoms with E-state index in [9.17, 15) is 4.79 Å². The zero-order valence-corrected chi connectivity index (χ0v) is 13.4. The van der Waals surface area contributed by atoms with E-state index in [1.165, 1.54) is 0 Å². The van der Waals surface area contributed by atoms with Crippen molar-refractivity contribution in [2.45, 2.75) is 32.6 Å². The summed E-state index contributed by atoms with van der Waals surface area (Å²) in [5.74, 6) is 0.667. The number of anilines is 1. The topological polar surface area (TPSA) is 38.3 Å². The highest BCUT2D eigenvalue weighted by Gasteiger charge is 2.06. The summed E-state index contributed by atoms with van der Waals surface area (Å²) in [6.45, 7) is 2.67. The van der Waals surface area contributed by atoms with Crippen LogP contribution in [0, 0.1) is 0 Å². The van der Waals surface area contributed by atoms with E-state index in [1.54, 1.807) is 18.2 Å². The molecule has 0 aromatic heterocycles. The number of hydrogen-bond acceptors (Lipinski definition) is 2. The van der Waals surface area contributed by atoms with Crippen LogP contribution in [0.5, 0.6) is 5.75 Å². The Labute approximate surface area is 127 Å². The molecule has 0 bridgehead atoms. The lowest BCUT2D eigenvalue weighted by molar-refractivity contribution is -0.116. The molecule has 0 heterocycles. The number of amides is 1. The first-order chi connectivity index (χ1) is 9.17. The number of halogens is 2. The molecular formula is C14H19BrClNO2. The highest BCUT2D eigenvalue weighted by Crippen LogP contribution is 2.27. The van der Waals surface area contributed by atoms with Gasteiger partial charge < -0.3 is 10.1 Å². The summed E-state index contributed by atoms with van der Waals surface area (Å²) in [5, 5.41) is 4.28. The number of hydrogen-bond donors (Lipinski definition) is 1. The number of unbranched alkanes of at least 4 members (excludes halogenated alkanes) is 1. The second-order valence-electron chi connectivity index (χ2n) is 4.19. The normalized spacial score (nSPS) is 10.3. The Morgan fingerprint density at radius 1 is 1.42 bits per heavy atom. The van der Waals surface area contributed by atoms with E-state index in [2.05, 4.69) is 21.2 Å². The predicted octanol–water partition coefficient (Wildman–Crippen LogP) is 4.63. The second kappa shape index (κ2) is 9.21. The minimum Gasteiger partial charge on any atom is -0.492 e. The molecule has 3 nitrogen and oxygen atoms in total. The Balaban J connectivity index is 2.50. The minimum atomic E-state index is 0.0132. The summed E-state index contributed by atoms with van der Waals surface area (Å²) < 4.78 is 5.48. The number of benzene rings is 1. The van der Waals surface area contributed by atoms with Crippen LogP contribution >= 0.6 is 27.5 Å². The number of rotatable bonds is 8. The van der Waals surface area contributed by atoms with Crippen LogP contribution in [0.1, 0.15) is 32.6 Å². The maximum absolute atomic E-state index is 11.7. The Morgan fingerprint density at radius 3 is 2.84 bits per heavy atom. The third-order valence-electron chi connectivity index (χ3n) is 2.46. The number of carbonyl (C=O) groups excluding carboxylic acids is 1. The van der Waals surface area contributed by atoms with Crippen molar-refractivity contribution in [3.63, 3.8) is 0 Å². The molecule has 0 saturated heterocycles. The van der Waals surface area contributed by atoms with Crippen molar-refractivity contribution in [3.05, 3.63) is 23.2 Å². The summed E-state index contributed by atoms with van der Waals surface area (Å²) in [6, 6.07) is 5.31. The minimum absolute atomic E-state index is 0.0132. The molecule has 0 aliphatic carbocycles. The van der Waals surface area contributed by atoms with Gasteiger partial charge in [0.25, 0.3) is 0 Å². The third-order valence-corrected chi connectivity index (χ3v) is 3.32. The number of nitrogens with one attached hydrogen (secondary N) is 1. The van der Waals surface area contributed by atoms with Gasteiger partial charge in [-0.1, -0.05) is 34.5 Å². The van der Waals surface area contributed by atoms with E-state index in [4.69, 9.17) is 16.3 Å². The van der Waals surface area contributed by atoms with Crippen molar-refractivity contribution in [1.82, 2.24) is 0 Å². The van der Waals surface area contributed by atoms with E-state index in [0.717, 1.165) is 24.6 Å². The Morgan fingerprint density at radius 2 is 2.21 bits per heavy atom. The van der Waals surface area contributed by atoms with Gasteiger partial charge in [-0.15, -0.1) is 0 Å². The summed E-state index contributed by atoms with van der Waals surface area (Å²) in [7, 11) is 0. The predicted molar refractivity (Wildman–Crippen MR) is 83.5 cm³/mol. The van der Waals surface area contributed by atoms with Crippen molar-refractivity contribution in [3.8, 4) is 5.75 Å². The average molecular weight is 349 g/mol. The van der Waals surface area contributed by atoms with Gasteiger partial charge in [-0.05, 0) is 37.5 Å². The standard InChI is InChI=1S/C14H19BrClNO2/c1-2-9-19-13-7-6-11(10-12(13)16)17-14(18)5-3-4-8-15/h6-7,10H,2-5,8-9H2,1H3,(H,17,18). The smallest absolute Gasteiger partial charge is 0.224 e. The molecule has 0 fully saturated rings. The first-order valence-corrected chi connectivity index (χ1v) is 7.95. The zero-order chi connectivity index (χ0) is 14.1. The summed E-state index contributed by atoms with van der Waals surface area (Å²) >= 11 is 9.43. The Hall–Kier alpha value is -0.740. The average Bonchev–Trinajstić information content (AvgIpc) is 2.38. The molecule has 0 aliphatic rings. The molecule has 5 heteroatoms. The first-order valence-electron chi connectivity index (χ1n) is 6.45. The molecule has 106 valence electrons. The highest BCUT2D eigenvalue weighted by atomic mass is 79.9. The molecule has 19 heavy (non-hydrogen) atoms. The molecule has 0 aliphatic heterocycles. The first kappa shape index (κ1) is 16.3. The molecule has 1 N–H and O–H groups in total. The van der Waals surface area contributed by atoms with Crippen LogP contribution in [0.4, 0.5) is 5.69 Å². The monoisotopic (exact) mass is 347 g/mol. The molecule has 0 atom stereocenters. The van der Waals surface area contributed by atoms with Crippen molar-refractivity contribution >= 4 is 39.1 Å². The van der Waals surface area contributed by atoms with Gasteiger partial charge in [-0.25, -0.2) is 0 Å². The van der Waals surface area contributed by atoms with Crippen LogP contribution in [-0.4, -0.2) is 17.8 Å². The van der Waals surface area contributed by atoms with E-state index >= 15 is 0 Å². The number of ether oxygens (including phenoxy) is 1. The fourth-order valence-electron chi connectivity index (χ4n) is 1.51.